The second-order valence-corrected chi connectivity index (χ2v) is 4.62. The Morgan fingerprint density at radius 3 is 1.80 bits per heavy atom. The maximum atomic E-state index is 5.74. The molecule has 54 valence electrons. The fourth-order valence-electron chi connectivity index (χ4n) is 0.525. The lowest BCUT2D eigenvalue weighted by Crippen LogP contribution is -1.72. The van der Waals surface area contributed by atoms with Gasteiger partial charge in [0.25, 0.3) is 0 Å². The Morgan fingerprint density at radius 2 is 1.40 bits per heavy atom. The molecule has 0 aliphatic rings. The van der Waals surface area contributed by atoms with E-state index in [9.17, 15) is 0 Å². The molecule has 1 aromatic rings. The predicted molar refractivity (Wildman–Crippen MR) is 54.6 cm³/mol. The van der Waals surface area contributed by atoms with Gasteiger partial charge in [0.15, 0.2) is 0 Å². The quantitative estimate of drug-likeness (QED) is 0.473. The zero-order valence-corrected chi connectivity index (χ0v) is 10.2. The van der Waals surface area contributed by atoms with E-state index in [1.807, 2.05) is 12.1 Å². The zero-order chi connectivity index (χ0) is 7.72. The zero-order valence-electron chi connectivity index (χ0n) is 4.67. The van der Waals surface area contributed by atoms with Crippen LogP contribution in [0.25, 0.3) is 0 Å². The summed E-state index contributed by atoms with van der Waals surface area (Å²) in [7, 11) is 0. The van der Waals surface area contributed by atoms with Gasteiger partial charge in [-0.25, -0.2) is 0 Å². The lowest BCUT2D eigenvalue weighted by atomic mass is 10.4. The first-order chi connectivity index (χ1) is 4.61. The van der Waals surface area contributed by atoms with E-state index in [1.54, 1.807) is 0 Å². The Labute approximate surface area is 89.3 Å². The lowest BCUT2D eigenvalue weighted by Gasteiger charge is -1.98. The van der Waals surface area contributed by atoms with Crippen molar-refractivity contribution in [1.82, 2.24) is 0 Å². The predicted octanol–water partition coefficient (Wildman–Crippen LogP) is 4.63. The van der Waals surface area contributed by atoms with Gasteiger partial charge in [-0.05, 0) is 59.9 Å². The van der Waals surface area contributed by atoms with Crippen LogP contribution >= 0.6 is 59.4 Å². The van der Waals surface area contributed by atoms with Crippen molar-refractivity contribution in [2.24, 2.45) is 0 Å². The van der Waals surface area contributed by atoms with Crippen LogP contribution in [0.3, 0.4) is 0 Å². The van der Waals surface area contributed by atoms with Gasteiger partial charge in [-0.2, -0.15) is 0 Å². The molecule has 0 radical (unpaired) electrons. The molecule has 0 saturated carbocycles. The summed E-state index contributed by atoms with van der Waals surface area (Å²) in [6.45, 7) is 0. The van der Waals surface area contributed by atoms with E-state index in [2.05, 4.69) is 47.8 Å². The van der Waals surface area contributed by atoms with Gasteiger partial charge in [-0.15, -0.1) is 0 Å². The lowest BCUT2D eigenvalue weighted by molar-refractivity contribution is 1.54. The second kappa shape index (κ2) is 3.57. The third-order valence-electron chi connectivity index (χ3n) is 0.949. The molecule has 0 nitrogen and oxygen atoms in total. The van der Waals surface area contributed by atoms with E-state index >= 15 is 0 Å². The van der Waals surface area contributed by atoms with E-state index in [0.29, 0.717) is 5.02 Å². The molecule has 10 heavy (non-hydrogen) atoms. The summed E-state index contributed by atoms with van der Waals surface area (Å²) in [5, 5.41) is 0.710. The van der Waals surface area contributed by atoms with Gasteiger partial charge in [-0.3, -0.25) is 0 Å². The van der Waals surface area contributed by atoms with Crippen LogP contribution in [0.15, 0.2) is 25.6 Å². The summed E-state index contributed by atoms with van der Waals surface area (Å²) in [5.41, 5.74) is 0. The minimum atomic E-state index is 0.710. The second-order valence-electron chi connectivity index (χ2n) is 1.68. The van der Waals surface area contributed by atoms with Crippen LogP contribution < -0.4 is 0 Å². The SMILES string of the molecule is Clc1cc(Br)c(Br)c(Br)c1. The number of hydrogen-bond acceptors (Lipinski definition) is 0. The summed E-state index contributed by atoms with van der Waals surface area (Å²) < 4.78 is 2.88. The van der Waals surface area contributed by atoms with Gasteiger partial charge in [0.2, 0.25) is 0 Å². The Bertz CT molecular complexity index is 236. The van der Waals surface area contributed by atoms with Crippen LogP contribution in [0.5, 0.6) is 0 Å². The van der Waals surface area contributed by atoms with E-state index in [4.69, 9.17) is 11.6 Å². The molecule has 0 aliphatic heterocycles. The summed E-state index contributed by atoms with van der Waals surface area (Å²) in [4.78, 5) is 0. The number of benzene rings is 1. The molecule has 1 aromatic carbocycles. The van der Waals surface area contributed by atoms with Gasteiger partial charge in [0.05, 0.1) is 0 Å². The van der Waals surface area contributed by atoms with E-state index < -0.39 is 0 Å². The molecule has 0 amide bonds. The number of rotatable bonds is 0. The molecule has 4 heteroatoms. The van der Waals surface area contributed by atoms with Crippen LogP contribution in [0, 0.1) is 0 Å². The maximum Gasteiger partial charge on any atom is 0.0460 e. The normalized spacial score (nSPS) is 10.0. The monoisotopic (exact) mass is 346 g/mol. The molecule has 0 saturated heterocycles. The third-order valence-corrected chi connectivity index (χ3v) is 4.34. The highest BCUT2D eigenvalue weighted by Gasteiger charge is 2.01. The van der Waals surface area contributed by atoms with Crippen LogP contribution in [0.2, 0.25) is 5.02 Å². The minimum Gasteiger partial charge on any atom is -0.0843 e. The van der Waals surface area contributed by atoms with Crippen molar-refractivity contribution in [3.63, 3.8) is 0 Å². The van der Waals surface area contributed by atoms with Gasteiger partial charge >= 0.3 is 0 Å². The first-order valence-electron chi connectivity index (χ1n) is 2.41. The summed E-state index contributed by atoms with van der Waals surface area (Å²) in [5.74, 6) is 0. The first kappa shape index (κ1) is 9.04. The number of hydrogen-bond donors (Lipinski definition) is 0. The highest BCUT2D eigenvalue weighted by Crippen LogP contribution is 2.33. The van der Waals surface area contributed by atoms with Crippen LogP contribution in [-0.4, -0.2) is 0 Å². The fraction of sp³-hybridized carbons (Fsp3) is 0. The Balaban J connectivity index is 3.31. The molecular formula is C6H2Br3Cl. The smallest absolute Gasteiger partial charge is 0.0460 e. The van der Waals surface area contributed by atoms with Crippen molar-refractivity contribution in [1.29, 1.82) is 0 Å². The molecule has 0 heterocycles. The van der Waals surface area contributed by atoms with Crippen molar-refractivity contribution < 1.29 is 0 Å². The van der Waals surface area contributed by atoms with Gasteiger partial charge in [0, 0.05) is 18.4 Å². The van der Waals surface area contributed by atoms with Crippen molar-refractivity contribution >= 4 is 59.4 Å². The van der Waals surface area contributed by atoms with Gasteiger partial charge in [-0.1, -0.05) is 11.6 Å². The largest absolute Gasteiger partial charge is 0.0843 e. The van der Waals surface area contributed by atoms with Gasteiger partial charge in [0.1, 0.15) is 0 Å². The first-order valence-corrected chi connectivity index (χ1v) is 5.17. The summed E-state index contributed by atoms with van der Waals surface area (Å²) in [6, 6.07) is 3.66. The molecule has 1 rings (SSSR count). The molecule has 0 spiro atoms. The number of halogens is 4. The topological polar surface area (TPSA) is 0 Å². The Morgan fingerprint density at radius 1 is 1.00 bits per heavy atom. The average Bonchev–Trinajstić information content (AvgIpc) is 1.82. The fourth-order valence-corrected chi connectivity index (χ4v) is 2.42. The van der Waals surface area contributed by atoms with Gasteiger partial charge < -0.3 is 0 Å². The maximum absolute atomic E-state index is 5.74. The Kier molecular flexibility index (Phi) is 3.22. The van der Waals surface area contributed by atoms with Crippen molar-refractivity contribution in [2.75, 3.05) is 0 Å². The molecule has 0 aromatic heterocycles. The molecule has 0 atom stereocenters. The highest BCUT2D eigenvalue weighted by molar-refractivity contribution is 9.14. The molecule has 0 unspecified atom stereocenters. The van der Waals surface area contributed by atoms with Crippen LogP contribution in [0.1, 0.15) is 0 Å². The van der Waals surface area contributed by atoms with Crippen LogP contribution in [-0.2, 0) is 0 Å². The molecule has 0 aliphatic carbocycles. The molecule has 0 fully saturated rings. The van der Waals surface area contributed by atoms with Crippen LogP contribution in [0.4, 0.5) is 0 Å². The third kappa shape index (κ3) is 1.97. The van der Waals surface area contributed by atoms with Crippen molar-refractivity contribution in [2.45, 2.75) is 0 Å². The molecular weight excluding hydrogens is 347 g/mol. The standard InChI is InChI=1S/C6H2Br3Cl/c7-4-1-3(10)2-5(8)6(4)9/h1-2H. The highest BCUT2D eigenvalue weighted by atomic mass is 79.9. The van der Waals surface area contributed by atoms with Crippen molar-refractivity contribution in [3.8, 4) is 0 Å². The van der Waals surface area contributed by atoms with E-state index in [1.165, 1.54) is 0 Å². The average molecular weight is 349 g/mol. The summed E-state index contributed by atoms with van der Waals surface area (Å²) >= 11 is 15.8. The molecule has 0 N–H and O–H groups in total. The van der Waals surface area contributed by atoms with Crippen molar-refractivity contribution in [3.05, 3.63) is 30.6 Å². The minimum absolute atomic E-state index is 0.710. The molecule has 0 bridgehead atoms. The van der Waals surface area contributed by atoms with E-state index in [-0.39, 0.29) is 0 Å². The Hall–Kier alpha value is 0.950. The summed E-state index contributed by atoms with van der Waals surface area (Å²) in [6.07, 6.45) is 0. The van der Waals surface area contributed by atoms with E-state index in [0.717, 1.165) is 13.4 Å².